The standard InChI is InChI=1S/C10H14N2O2/c1-3-13-8-5-6-10(14-4-2)9(7-8)12-11/h6-7H,3-5H2,1-2H3. The van der Waals surface area contributed by atoms with Crippen LogP contribution in [0.1, 0.15) is 20.3 Å². The fraction of sp³-hybridized carbons (Fsp3) is 0.500. The summed E-state index contributed by atoms with van der Waals surface area (Å²) < 4.78 is 10.6. The van der Waals surface area contributed by atoms with Crippen LogP contribution in [0.15, 0.2) is 23.7 Å². The highest BCUT2D eigenvalue weighted by atomic mass is 16.5. The van der Waals surface area contributed by atoms with Crippen molar-refractivity contribution in [2.45, 2.75) is 20.3 Å². The van der Waals surface area contributed by atoms with Crippen molar-refractivity contribution >= 4 is 5.71 Å². The molecule has 0 aromatic heterocycles. The predicted molar refractivity (Wildman–Crippen MR) is 52.7 cm³/mol. The average Bonchev–Trinajstić information content (AvgIpc) is 2.21. The Balaban J connectivity index is 2.76. The maximum atomic E-state index is 8.74. The van der Waals surface area contributed by atoms with E-state index in [0.717, 1.165) is 5.76 Å². The van der Waals surface area contributed by atoms with Crippen LogP contribution in [0.3, 0.4) is 0 Å². The van der Waals surface area contributed by atoms with E-state index in [1.807, 2.05) is 19.9 Å². The summed E-state index contributed by atoms with van der Waals surface area (Å²) in [6.45, 7) is 4.97. The van der Waals surface area contributed by atoms with E-state index in [9.17, 15) is 0 Å². The summed E-state index contributed by atoms with van der Waals surface area (Å²) in [6.07, 6.45) is 4.22. The molecule has 0 fully saturated rings. The van der Waals surface area contributed by atoms with Crippen LogP contribution in [0, 0.1) is 0 Å². The van der Waals surface area contributed by atoms with Crippen molar-refractivity contribution in [1.82, 2.24) is 0 Å². The molecular formula is C10H14N2O2. The highest BCUT2D eigenvalue weighted by Gasteiger charge is 2.20. The molecule has 0 atom stereocenters. The molecule has 0 bridgehead atoms. The van der Waals surface area contributed by atoms with Crippen molar-refractivity contribution in [1.29, 1.82) is 0 Å². The molecule has 76 valence electrons. The lowest BCUT2D eigenvalue weighted by Crippen LogP contribution is -2.11. The third-order valence-corrected chi connectivity index (χ3v) is 1.78. The van der Waals surface area contributed by atoms with Crippen LogP contribution < -0.4 is 0 Å². The maximum Gasteiger partial charge on any atom is 0.359 e. The minimum atomic E-state index is 0.418. The molecule has 0 unspecified atom stereocenters. The lowest BCUT2D eigenvalue weighted by Gasteiger charge is -2.11. The number of allylic oxidation sites excluding steroid dienone is 2. The van der Waals surface area contributed by atoms with E-state index in [0.29, 0.717) is 31.1 Å². The second-order valence-corrected chi connectivity index (χ2v) is 2.73. The van der Waals surface area contributed by atoms with Crippen molar-refractivity contribution < 1.29 is 14.3 Å². The second kappa shape index (κ2) is 5.25. The Hall–Kier alpha value is -1.54. The van der Waals surface area contributed by atoms with Gasteiger partial charge in [0.2, 0.25) is 5.76 Å². The van der Waals surface area contributed by atoms with Gasteiger partial charge in [-0.1, -0.05) is 0 Å². The maximum absolute atomic E-state index is 8.74. The van der Waals surface area contributed by atoms with Gasteiger partial charge in [-0.05, 0) is 19.9 Å². The molecule has 0 radical (unpaired) electrons. The van der Waals surface area contributed by atoms with Crippen molar-refractivity contribution in [3.63, 3.8) is 0 Å². The van der Waals surface area contributed by atoms with Gasteiger partial charge in [-0.25, -0.2) is 0 Å². The third kappa shape index (κ3) is 2.47. The molecule has 0 saturated carbocycles. The summed E-state index contributed by atoms with van der Waals surface area (Å²) in [4.78, 5) is 3.15. The number of nitrogens with zero attached hydrogens (tertiary/aromatic N) is 2. The Labute approximate surface area is 83.4 Å². The third-order valence-electron chi connectivity index (χ3n) is 1.78. The van der Waals surface area contributed by atoms with Gasteiger partial charge in [0.1, 0.15) is 5.76 Å². The van der Waals surface area contributed by atoms with E-state index in [2.05, 4.69) is 4.79 Å². The van der Waals surface area contributed by atoms with Crippen molar-refractivity contribution in [3.8, 4) is 0 Å². The van der Waals surface area contributed by atoms with E-state index in [1.54, 1.807) is 6.08 Å². The van der Waals surface area contributed by atoms with Gasteiger partial charge in [-0.2, -0.15) is 4.79 Å². The zero-order chi connectivity index (χ0) is 10.4. The highest BCUT2D eigenvalue weighted by molar-refractivity contribution is 6.04. The minimum Gasteiger partial charge on any atom is -0.498 e. The molecule has 1 rings (SSSR count). The Bertz CT molecular complexity index is 312. The van der Waals surface area contributed by atoms with Gasteiger partial charge in [0.25, 0.3) is 0 Å². The summed E-state index contributed by atoms with van der Waals surface area (Å²) in [5.41, 5.74) is 9.16. The quantitative estimate of drug-likeness (QED) is 0.507. The monoisotopic (exact) mass is 194 g/mol. The molecule has 0 amide bonds. The molecule has 0 spiro atoms. The van der Waals surface area contributed by atoms with Crippen LogP contribution in [0.25, 0.3) is 5.53 Å². The van der Waals surface area contributed by atoms with Crippen LogP contribution in [0.5, 0.6) is 0 Å². The van der Waals surface area contributed by atoms with Crippen LogP contribution in [-0.4, -0.2) is 23.7 Å². The van der Waals surface area contributed by atoms with E-state index >= 15 is 0 Å². The van der Waals surface area contributed by atoms with Gasteiger partial charge in [0.15, 0.2) is 0 Å². The minimum absolute atomic E-state index is 0.418. The zero-order valence-corrected chi connectivity index (χ0v) is 8.49. The lowest BCUT2D eigenvalue weighted by molar-refractivity contribution is -0.00829. The Morgan fingerprint density at radius 3 is 2.64 bits per heavy atom. The van der Waals surface area contributed by atoms with Crippen molar-refractivity contribution in [3.05, 3.63) is 29.2 Å². The average molecular weight is 194 g/mol. The molecule has 14 heavy (non-hydrogen) atoms. The van der Waals surface area contributed by atoms with Crippen LogP contribution in [0.4, 0.5) is 0 Å². The number of rotatable bonds is 4. The van der Waals surface area contributed by atoms with Gasteiger partial charge in [0.05, 0.1) is 19.3 Å². The largest absolute Gasteiger partial charge is 0.498 e. The Morgan fingerprint density at radius 1 is 1.36 bits per heavy atom. The van der Waals surface area contributed by atoms with Gasteiger partial charge in [-0.15, -0.1) is 0 Å². The van der Waals surface area contributed by atoms with Gasteiger partial charge in [-0.3, -0.25) is 0 Å². The first-order valence-electron chi connectivity index (χ1n) is 4.70. The fourth-order valence-electron chi connectivity index (χ4n) is 1.23. The van der Waals surface area contributed by atoms with Gasteiger partial charge >= 0.3 is 5.71 Å². The van der Waals surface area contributed by atoms with Gasteiger partial charge in [0, 0.05) is 6.42 Å². The van der Waals surface area contributed by atoms with Crippen LogP contribution >= 0.6 is 0 Å². The fourth-order valence-corrected chi connectivity index (χ4v) is 1.23. The summed E-state index contributed by atoms with van der Waals surface area (Å²) >= 11 is 0. The highest BCUT2D eigenvalue weighted by Crippen LogP contribution is 2.16. The SMILES string of the molecule is CCOC1=CC(=[N+]=[N-])C(OCC)=CC1. The first kappa shape index (κ1) is 10.5. The molecule has 4 nitrogen and oxygen atoms in total. The van der Waals surface area contributed by atoms with Crippen LogP contribution in [0.2, 0.25) is 0 Å². The number of hydrogen-bond donors (Lipinski definition) is 0. The van der Waals surface area contributed by atoms with E-state index in [-0.39, 0.29) is 0 Å². The molecule has 0 aromatic rings. The zero-order valence-electron chi connectivity index (χ0n) is 8.49. The predicted octanol–water partition coefficient (Wildman–Crippen LogP) is 1.90. The van der Waals surface area contributed by atoms with Crippen LogP contribution in [-0.2, 0) is 9.47 Å². The molecular weight excluding hydrogens is 180 g/mol. The molecule has 0 saturated heterocycles. The van der Waals surface area contributed by atoms with Crippen molar-refractivity contribution in [2.75, 3.05) is 13.2 Å². The molecule has 1 aliphatic rings. The Kier molecular flexibility index (Phi) is 3.95. The van der Waals surface area contributed by atoms with E-state index < -0.39 is 0 Å². The molecule has 0 aliphatic heterocycles. The summed E-state index contributed by atoms with van der Waals surface area (Å²) in [7, 11) is 0. The number of hydrogen-bond acceptors (Lipinski definition) is 2. The molecule has 4 heteroatoms. The smallest absolute Gasteiger partial charge is 0.359 e. The van der Waals surface area contributed by atoms with E-state index in [1.165, 1.54) is 0 Å². The second-order valence-electron chi connectivity index (χ2n) is 2.73. The van der Waals surface area contributed by atoms with Crippen molar-refractivity contribution in [2.24, 2.45) is 0 Å². The molecule has 1 aliphatic carbocycles. The lowest BCUT2D eigenvalue weighted by atomic mass is 10.1. The Morgan fingerprint density at radius 2 is 2.07 bits per heavy atom. The normalized spacial score (nSPS) is 15.4. The molecule has 0 heterocycles. The summed E-state index contributed by atoms with van der Waals surface area (Å²) in [5.74, 6) is 1.40. The first-order chi connectivity index (χ1) is 6.81. The first-order valence-corrected chi connectivity index (χ1v) is 4.70. The number of ether oxygens (including phenoxy) is 2. The van der Waals surface area contributed by atoms with E-state index in [4.69, 9.17) is 15.0 Å². The molecule has 0 aromatic carbocycles. The topological polar surface area (TPSA) is 54.9 Å². The van der Waals surface area contributed by atoms with Gasteiger partial charge < -0.3 is 15.0 Å². The summed E-state index contributed by atoms with van der Waals surface area (Å²) in [5, 5.41) is 0. The summed E-state index contributed by atoms with van der Waals surface area (Å²) in [6, 6.07) is 0. The molecule has 0 N–H and O–H groups in total.